The van der Waals surface area contributed by atoms with Crippen LogP contribution in [0.25, 0.3) is 11.1 Å². The molecule has 0 aliphatic heterocycles. The van der Waals surface area contributed by atoms with Crippen molar-refractivity contribution in [2.24, 2.45) is 0 Å². The normalized spacial score (nSPS) is 11.4. The van der Waals surface area contributed by atoms with Gasteiger partial charge in [0.2, 0.25) is 0 Å². The van der Waals surface area contributed by atoms with E-state index in [0.717, 1.165) is 11.1 Å². The second-order valence-corrected chi connectivity index (χ2v) is 5.30. The number of rotatable bonds is 2. The molecule has 0 heterocycles. The molecule has 88 valence electrons. The van der Waals surface area contributed by atoms with Crippen molar-refractivity contribution in [3.8, 4) is 11.1 Å². The highest BCUT2D eigenvalue weighted by atomic mass is 35.5. The molecule has 2 rings (SSSR count). The van der Waals surface area contributed by atoms with Crippen LogP contribution >= 0.6 is 11.6 Å². The molecule has 0 N–H and O–H groups in total. The molecule has 5 heteroatoms. The van der Waals surface area contributed by atoms with Gasteiger partial charge in [0.15, 0.2) is 0 Å². The molecule has 2 aromatic rings. The molecule has 3 nitrogen and oxygen atoms in total. The quantitative estimate of drug-likeness (QED) is 0.786. The van der Waals surface area contributed by atoms with Crippen molar-refractivity contribution < 1.29 is 13.0 Å². The molecular formula is C12H8ClO3S-. The Morgan fingerprint density at radius 3 is 1.65 bits per heavy atom. The third-order valence-electron chi connectivity index (χ3n) is 2.32. The second kappa shape index (κ2) is 4.49. The van der Waals surface area contributed by atoms with Crippen LogP contribution in [0.4, 0.5) is 0 Å². The number of benzene rings is 2. The minimum absolute atomic E-state index is 0.227. The van der Waals surface area contributed by atoms with E-state index in [1.807, 2.05) is 12.1 Å². The molecule has 0 fully saturated rings. The van der Waals surface area contributed by atoms with E-state index in [-0.39, 0.29) is 4.90 Å². The third-order valence-corrected chi connectivity index (χ3v) is 3.42. The standard InChI is InChI=1S/C12H9ClO3S/c13-11-5-1-9(2-6-11)10-3-7-12(8-4-10)17(14,15)16/h1-8H,(H,14,15,16)/p-1. The van der Waals surface area contributed by atoms with Crippen molar-refractivity contribution in [2.75, 3.05) is 0 Å². The minimum Gasteiger partial charge on any atom is -0.744 e. The second-order valence-electron chi connectivity index (χ2n) is 3.49. The summed E-state index contributed by atoms with van der Waals surface area (Å²) in [6.07, 6.45) is 0. The minimum atomic E-state index is -4.38. The van der Waals surface area contributed by atoms with Gasteiger partial charge >= 0.3 is 0 Å². The predicted molar refractivity (Wildman–Crippen MR) is 64.9 cm³/mol. The molecule has 0 saturated heterocycles. The summed E-state index contributed by atoms with van der Waals surface area (Å²) < 4.78 is 32.3. The van der Waals surface area contributed by atoms with Crippen LogP contribution in [-0.4, -0.2) is 13.0 Å². The molecule has 0 aliphatic carbocycles. The van der Waals surface area contributed by atoms with Crippen molar-refractivity contribution in [3.05, 3.63) is 53.6 Å². The van der Waals surface area contributed by atoms with Gasteiger partial charge < -0.3 is 4.55 Å². The summed E-state index contributed by atoms with van der Waals surface area (Å²) in [5.41, 5.74) is 1.73. The molecular weight excluding hydrogens is 260 g/mol. The van der Waals surface area contributed by atoms with Gasteiger partial charge in [0.25, 0.3) is 0 Å². The van der Waals surface area contributed by atoms with Crippen molar-refractivity contribution >= 4 is 21.7 Å². The Balaban J connectivity index is 2.39. The van der Waals surface area contributed by atoms with Crippen LogP contribution in [-0.2, 0) is 10.1 Å². The highest BCUT2D eigenvalue weighted by Crippen LogP contribution is 2.22. The number of hydrogen-bond acceptors (Lipinski definition) is 3. The van der Waals surface area contributed by atoms with Gasteiger partial charge in [0.05, 0.1) is 4.90 Å². The van der Waals surface area contributed by atoms with Crippen molar-refractivity contribution in [3.63, 3.8) is 0 Å². The van der Waals surface area contributed by atoms with Gasteiger partial charge in [0, 0.05) is 5.02 Å². The molecule has 0 aromatic heterocycles. The van der Waals surface area contributed by atoms with Crippen LogP contribution in [0.3, 0.4) is 0 Å². The maximum absolute atomic E-state index is 10.8. The summed E-state index contributed by atoms with van der Waals surface area (Å²) in [6.45, 7) is 0. The molecule has 0 atom stereocenters. The van der Waals surface area contributed by atoms with E-state index < -0.39 is 10.1 Å². The average Bonchev–Trinajstić information content (AvgIpc) is 2.29. The van der Waals surface area contributed by atoms with E-state index in [2.05, 4.69) is 0 Å². The molecule has 0 amide bonds. The largest absolute Gasteiger partial charge is 0.744 e. The average molecular weight is 268 g/mol. The molecule has 0 radical (unpaired) electrons. The number of halogens is 1. The van der Waals surface area contributed by atoms with Crippen LogP contribution in [0.5, 0.6) is 0 Å². The summed E-state index contributed by atoms with van der Waals surface area (Å²) in [7, 11) is -4.38. The molecule has 0 spiro atoms. The predicted octanol–water partition coefficient (Wildman–Crippen LogP) is 2.91. The highest BCUT2D eigenvalue weighted by molar-refractivity contribution is 7.85. The molecule has 0 saturated carbocycles. The van der Waals surface area contributed by atoms with E-state index in [9.17, 15) is 13.0 Å². The van der Waals surface area contributed by atoms with E-state index in [4.69, 9.17) is 11.6 Å². The highest BCUT2D eigenvalue weighted by Gasteiger charge is 2.02. The lowest BCUT2D eigenvalue weighted by Crippen LogP contribution is -1.97. The maximum atomic E-state index is 10.8. The lowest BCUT2D eigenvalue weighted by molar-refractivity contribution is 0.463. The zero-order chi connectivity index (χ0) is 12.5. The lowest BCUT2D eigenvalue weighted by Gasteiger charge is -2.08. The zero-order valence-corrected chi connectivity index (χ0v) is 10.2. The Kier molecular flexibility index (Phi) is 3.19. The molecule has 2 aromatic carbocycles. The van der Waals surface area contributed by atoms with Gasteiger partial charge in [-0.25, -0.2) is 8.42 Å². The summed E-state index contributed by atoms with van der Waals surface area (Å²) in [4.78, 5) is -0.227. The Morgan fingerprint density at radius 1 is 0.824 bits per heavy atom. The smallest absolute Gasteiger partial charge is 0.124 e. The van der Waals surface area contributed by atoms with E-state index in [1.54, 1.807) is 24.3 Å². The summed E-state index contributed by atoms with van der Waals surface area (Å²) >= 11 is 5.76. The fourth-order valence-corrected chi connectivity index (χ4v) is 2.05. The Labute approximate surface area is 104 Å². The van der Waals surface area contributed by atoms with Crippen molar-refractivity contribution in [1.82, 2.24) is 0 Å². The van der Waals surface area contributed by atoms with Crippen LogP contribution in [0.2, 0.25) is 5.02 Å². The summed E-state index contributed by atoms with van der Waals surface area (Å²) in [5, 5.41) is 0.632. The van der Waals surface area contributed by atoms with Crippen molar-refractivity contribution in [1.29, 1.82) is 0 Å². The first-order valence-corrected chi connectivity index (χ1v) is 6.57. The van der Waals surface area contributed by atoms with Gasteiger partial charge in [0.1, 0.15) is 10.1 Å². The fraction of sp³-hybridized carbons (Fsp3) is 0. The maximum Gasteiger partial charge on any atom is 0.124 e. The topological polar surface area (TPSA) is 57.2 Å². The van der Waals surface area contributed by atoms with E-state index in [0.29, 0.717) is 5.02 Å². The Hall–Kier alpha value is -1.36. The molecule has 0 unspecified atom stereocenters. The van der Waals surface area contributed by atoms with Crippen LogP contribution in [0, 0.1) is 0 Å². The van der Waals surface area contributed by atoms with E-state index >= 15 is 0 Å². The van der Waals surface area contributed by atoms with Crippen LogP contribution < -0.4 is 0 Å². The summed E-state index contributed by atoms with van der Waals surface area (Å²) in [6, 6.07) is 12.9. The van der Waals surface area contributed by atoms with Gasteiger partial charge in [-0.1, -0.05) is 35.9 Å². The fourth-order valence-electron chi connectivity index (χ4n) is 1.46. The van der Waals surface area contributed by atoms with Gasteiger partial charge in [-0.3, -0.25) is 0 Å². The van der Waals surface area contributed by atoms with Gasteiger partial charge in [-0.05, 0) is 35.4 Å². The first kappa shape index (κ1) is 12.1. The summed E-state index contributed by atoms with van der Waals surface area (Å²) in [5.74, 6) is 0. The molecule has 0 aliphatic rings. The van der Waals surface area contributed by atoms with Gasteiger partial charge in [-0.2, -0.15) is 0 Å². The third kappa shape index (κ3) is 2.85. The molecule has 0 bridgehead atoms. The number of hydrogen-bond donors (Lipinski definition) is 0. The van der Waals surface area contributed by atoms with Gasteiger partial charge in [-0.15, -0.1) is 0 Å². The van der Waals surface area contributed by atoms with Crippen molar-refractivity contribution in [2.45, 2.75) is 4.90 Å². The monoisotopic (exact) mass is 267 g/mol. The van der Waals surface area contributed by atoms with Crippen LogP contribution in [0.15, 0.2) is 53.4 Å². The first-order valence-electron chi connectivity index (χ1n) is 4.79. The first-order chi connectivity index (χ1) is 7.97. The Bertz CT molecular complexity index is 616. The zero-order valence-electron chi connectivity index (χ0n) is 8.63. The van der Waals surface area contributed by atoms with Crippen LogP contribution in [0.1, 0.15) is 0 Å². The Morgan fingerprint density at radius 2 is 1.24 bits per heavy atom. The lowest BCUT2D eigenvalue weighted by atomic mass is 10.1. The molecule has 17 heavy (non-hydrogen) atoms. The SMILES string of the molecule is O=S(=O)([O-])c1ccc(-c2ccc(Cl)cc2)cc1. The van der Waals surface area contributed by atoms with E-state index in [1.165, 1.54) is 12.1 Å².